The molecule has 1 rings (SSSR count). The Balaban J connectivity index is 3.12. The second-order valence-corrected chi connectivity index (χ2v) is 3.71. The summed E-state index contributed by atoms with van der Waals surface area (Å²) in [6.07, 6.45) is 0. The Morgan fingerprint density at radius 3 is 2.81 bits per heavy atom. The summed E-state index contributed by atoms with van der Waals surface area (Å²) in [6, 6.07) is 5.52. The minimum absolute atomic E-state index is 0.147. The van der Waals surface area contributed by atoms with E-state index in [1.54, 1.807) is 6.07 Å². The smallest absolute Gasteiger partial charge is 0.221 e. The van der Waals surface area contributed by atoms with Gasteiger partial charge in [0.05, 0.1) is 17.3 Å². The number of hydrogen-bond donors (Lipinski definition) is 2. The molecule has 0 aromatic heterocycles. The maximum Gasteiger partial charge on any atom is 0.221 e. The van der Waals surface area contributed by atoms with E-state index < -0.39 is 0 Å². The Morgan fingerprint density at radius 2 is 2.25 bits per heavy atom. The van der Waals surface area contributed by atoms with Crippen molar-refractivity contribution in [2.24, 2.45) is 10.7 Å². The number of halogens is 1. The van der Waals surface area contributed by atoms with Crippen LogP contribution in [0.15, 0.2) is 23.2 Å². The van der Waals surface area contributed by atoms with Crippen LogP contribution in [0.1, 0.15) is 12.5 Å². The van der Waals surface area contributed by atoms with Crippen molar-refractivity contribution in [3.63, 3.8) is 0 Å². The van der Waals surface area contributed by atoms with Crippen molar-refractivity contribution in [3.05, 3.63) is 23.8 Å². The largest absolute Gasteiger partial charge is 0.386 e. The van der Waals surface area contributed by atoms with Crippen molar-refractivity contribution in [2.45, 2.75) is 13.8 Å². The lowest BCUT2D eigenvalue weighted by molar-refractivity contribution is -0.114. The number of alkyl halides is 1. The van der Waals surface area contributed by atoms with Gasteiger partial charge in [-0.05, 0) is 24.6 Å². The lowest BCUT2D eigenvalue weighted by Gasteiger charge is -2.07. The summed E-state index contributed by atoms with van der Waals surface area (Å²) in [5, 5.41) is 2.70. The number of nitrogens with zero attached hydrogens (tertiary/aromatic N) is 1. The molecule has 0 bridgehead atoms. The van der Waals surface area contributed by atoms with Crippen LogP contribution in [0.5, 0.6) is 0 Å². The first-order chi connectivity index (χ1) is 7.52. The number of rotatable bonds is 3. The number of hydrogen-bond acceptors (Lipinski definition) is 2. The van der Waals surface area contributed by atoms with E-state index in [0.717, 1.165) is 5.56 Å². The molecule has 0 atom stereocenters. The van der Waals surface area contributed by atoms with Crippen LogP contribution < -0.4 is 11.1 Å². The zero-order valence-electron chi connectivity index (χ0n) is 9.25. The molecular weight excluding hydrogens is 226 g/mol. The van der Waals surface area contributed by atoms with E-state index in [1.165, 1.54) is 6.92 Å². The van der Waals surface area contributed by atoms with E-state index in [2.05, 4.69) is 10.3 Å². The van der Waals surface area contributed by atoms with Gasteiger partial charge in [0.1, 0.15) is 5.84 Å². The van der Waals surface area contributed by atoms with Gasteiger partial charge < -0.3 is 11.1 Å². The van der Waals surface area contributed by atoms with Crippen molar-refractivity contribution in [2.75, 3.05) is 11.2 Å². The van der Waals surface area contributed by atoms with Gasteiger partial charge in [-0.1, -0.05) is 6.07 Å². The zero-order valence-corrected chi connectivity index (χ0v) is 10.0. The third-order valence-electron chi connectivity index (χ3n) is 1.86. The first kappa shape index (κ1) is 12.5. The summed E-state index contributed by atoms with van der Waals surface area (Å²) in [5.74, 6) is 0.330. The Bertz CT molecular complexity index is 429. The molecule has 86 valence electrons. The molecule has 0 fully saturated rings. The van der Waals surface area contributed by atoms with Crippen LogP contribution >= 0.6 is 11.6 Å². The maximum atomic E-state index is 11.0. The Morgan fingerprint density at radius 1 is 1.56 bits per heavy atom. The molecule has 0 aliphatic rings. The highest BCUT2D eigenvalue weighted by molar-refractivity contribution is 6.28. The van der Waals surface area contributed by atoms with Crippen LogP contribution in [0.4, 0.5) is 11.4 Å². The third kappa shape index (κ3) is 3.55. The molecule has 1 aromatic carbocycles. The molecule has 0 radical (unpaired) electrons. The molecule has 1 amide bonds. The Labute approximate surface area is 99.5 Å². The van der Waals surface area contributed by atoms with Crippen molar-refractivity contribution < 1.29 is 4.79 Å². The number of carbonyl (C=O) groups is 1. The molecular formula is C11H14ClN3O. The molecule has 5 heteroatoms. The number of amidine groups is 1. The minimum Gasteiger partial charge on any atom is -0.386 e. The number of aryl methyl sites for hydroxylation is 1. The van der Waals surface area contributed by atoms with E-state index in [-0.39, 0.29) is 11.8 Å². The van der Waals surface area contributed by atoms with Gasteiger partial charge in [-0.25, -0.2) is 4.99 Å². The van der Waals surface area contributed by atoms with E-state index in [4.69, 9.17) is 17.3 Å². The van der Waals surface area contributed by atoms with Crippen molar-refractivity contribution in [1.29, 1.82) is 0 Å². The van der Waals surface area contributed by atoms with Crippen LogP contribution in [-0.2, 0) is 4.79 Å². The van der Waals surface area contributed by atoms with Gasteiger partial charge in [0, 0.05) is 6.92 Å². The quantitative estimate of drug-likeness (QED) is 0.482. The number of nitrogens with one attached hydrogen (secondary N) is 1. The molecule has 0 saturated heterocycles. The molecule has 0 aliphatic heterocycles. The average molecular weight is 240 g/mol. The standard InChI is InChI=1S/C11H14ClN3O/c1-7-3-4-9(15-11(13)6-12)10(5-7)14-8(2)16/h3-5H,6H2,1-2H3,(H2,13,15)(H,14,16). The van der Waals surface area contributed by atoms with E-state index >= 15 is 0 Å². The molecule has 3 N–H and O–H groups in total. The Hall–Kier alpha value is -1.55. The molecule has 0 heterocycles. The van der Waals surface area contributed by atoms with Gasteiger partial charge in [0.15, 0.2) is 0 Å². The number of benzene rings is 1. The highest BCUT2D eigenvalue weighted by atomic mass is 35.5. The van der Waals surface area contributed by atoms with E-state index in [0.29, 0.717) is 17.2 Å². The SMILES string of the molecule is CC(=O)Nc1cc(C)ccc1N=C(N)CCl. The highest BCUT2D eigenvalue weighted by Crippen LogP contribution is 2.26. The van der Waals surface area contributed by atoms with Crippen LogP contribution in [0.3, 0.4) is 0 Å². The fourth-order valence-corrected chi connectivity index (χ4v) is 1.28. The van der Waals surface area contributed by atoms with Crippen molar-refractivity contribution in [3.8, 4) is 0 Å². The summed E-state index contributed by atoms with van der Waals surface area (Å²) < 4.78 is 0. The predicted octanol–water partition coefficient (Wildman–Crippen LogP) is 2.18. The second kappa shape index (κ2) is 5.51. The fourth-order valence-electron chi connectivity index (χ4n) is 1.22. The number of nitrogens with two attached hydrogens (primary N) is 1. The number of carbonyl (C=O) groups excluding carboxylic acids is 1. The lowest BCUT2D eigenvalue weighted by Crippen LogP contribution is -2.13. The first-order valence-corrected chi connectivity index (χ1v) is 5.33. The monoisotopic (exact) mass is 239 g/mol. The first-order valence-electron chi connectivity index (χ1n) is 4.80. The predicted molar refractivity (Wildman–Crippen MR) is 67.5 cm³/mol. The maximum absolute atomic E-state index is 11.0. The number of amides is 1. The summed E-state index contributed by atoms with van der Waals surface area (Å²) in [6.45, 7) is 3.38. The van der Waals surface area contributed by atoms with Crippen molar-refractivity contribution in [1.82, 2.24) is 0 Å². The molecule has 0 aliphatic carbocycles. The Kier molecular flexibility index (Phi) is 4.31. The van der Waals surface area contributed by atoms with Gasteiger partial charge in [-0.15, -0.1) is 11.6 Å². The molecule has 1 aromatic rings. The van der Waals surface area contributed by atoms with Gasteiger partial charge >= 0.3 is 0 Å². The van der Waals surface area contributed by atoms with E-state index in [1.807, 2.05) is 19.1 Å². The second-order valence-electron chi connectivity index (χ2n) is 3.44. The van der Waals surface area contributed by atoms with Gasteiger partial charge in [-0.2, -0.15) is 0 Å². The normalized spacial score (nSPS) is 11.3. The zero-order chi connectivity index (χ0) is 12.1. The molecule has 16 heavy (non-hydrogen) atoms. The summed E-state index contributed by atoms with van der Waals surface area (Å²) in [7, 11) is 0. The topological polar surface area (TPSA) is 67.5 Å². The van der Waals surface area contributed by atoms with Crippen molar-refractivity contribution >= 4 is 34.7 Å². The van der Waals surface area contributed by atoms with Gasteiger partial charge in [-0.3, -0.25) is 4.79 Å². The van der Waals surface area contributed by atoms with Crippen LogP contribution in [-0.4, -0.2) is 17.6 Å². The summed E-state index contributed by atoms with van der Waals surface area (Å²) >= 11 is 5.55. The highest BCUT2D eigenvalue weighted by Gasteiger charge is 2.04. The number of anilines is 1. The van der Waals surface area contributed by atoms with Gasteiger partial charge in [0.25, 0.3) is 0 Å². The van der Waals surface area contributed by atoms with Crippen LogP contribution in [0.25, 0.3) is 0 Å². The van der Waals surface area contributed by atoms with Crippen LogP contribution in [0, 0.1) is 6.92 Å². The summed E-state index contributed by atoms with van der Waals surface area (Å²) in [5.41, 5.74) is 7.83. The lowest BCUT2D eigenvalue weighted by atomic mass is 10.2. The molecule has 0 saturated carbocycles. The van der Waals surface area contributed by atoms with Gasteiger partial charge in [0.2, 0.25) is 5.91 Å². The van der Waals surface area contributed by atoms with E-state index in [9.17, 15) is 4.79 Å². The summed E-state index contributed by atoms with van der Waals surface area (Å²) in [4.78, 5) is 15.1. The van der Waals surface area contributed by atoms with Crippen LogP contribution in [0.2, 0.25) is 0 Å². The minimum atomic E-state index is -0.147. The molecule has 0 unspecified atom stereocenters. The fraction of sp³-hybridized carbons (Fsp3) is 0.273. The average Bonchev–Trinajstić information content (AvgIpc) is 2.21. The number of aliphatic imine (C=N–C) groups is 1. The molecule has 0 spiro atoms. The third-order valence-corrected chi connectivity index (χ3v) is 2.14. The molecule has 4 nitrogen and oxygen atoms in total.